The van der Waals surface area contributed by atoms with Crippen LogP contribution in [0.25, 0.3) is 0 Å². The molecule has 0 aliphatic carbocycles. The van der Waals surface area contributed by atoms with Crippen LogP contribution in [0.5, 0.6) is 0 Å². The summed E-state index contributed by atoms with van der Waals surface area (Å²) in [5.74, 6) is 2.08. The first-order chi connectivity index (χ1) is 27.7. The van der Waals surface area contributed by atoms with Crippen LogP contribution in [0.3, 0.4) is 0 Å². The Hall–Kier alpha value is -0.980. The number of carbonyl (C=O) groups excluding carboxylic acids is 2. The zero-order valence-electron chi connectivity index (χ0n) is 39.6. The van der Waals surface area contributed by atoms with Gasteiger partial charge in [-0.15, -0.1) is 0 Å². The Labute approximate surface area is 357 Å². The van der Waals surface area contributed by atoms with E-state index in [0.29, 0.717) is 25.4 Å². The summed E-state index contributed by atoms with van der Waals surface area (Å²) in [6, 6.07) is 0. The smallest absolute Gasteiger partial charge is 0.305 e. The second-order valence-corrected chi connectivity index (χ2v) is 18.4. The summed E-state index contributed by atoms with van der Waals surface area (Å²) >= 11 is 0. The molecule has 0 radical (unpaired) electrons. The fourth-order valence-electron chi connectivity index (χ4n) is 8.61. The normalized spacial score (nSPS) is 12.5. The summed E-state index contributed by atoms with van der Waals surface area (Å²) in [6.45, 7) is 13.3. The second-order valence-electron chi connectivity index (χ2n) is 18.4. The predicted octanol–water partition coefficient (Wildman–Crippen LogP) is 14.3. The van der Waals surface area contributed by atoms with Crippen molar-refractivity contribution in [2.75, 3.05) is 46.9 Å². The molecule has 0 heterocycles. The zero-order valence-corrected chi connectivity index (χ0v) is 39.6. The Morgan fingerprint density at radius 2 is 0.842 bits per heavy atom. The first-order valence-electron chi connectivity index (χ1n) is 25.5. The monoisotopic (exact) mass is 807 g/mol. The summed E-state index contributed by atoms with van der Waals surface area (Å²) in [7, 11) is 4.02. The van der Waals surface area contributed by atoms with E-state index < -0.39 is 0 Å². The van der Waals surface area contributed by atoms with E-state index in [-0.39, 0.29) is 12.1 Å². The Balaban J connectivity index is 4.42. The molecule has 340 valence electrons. The van der Waals surface area contributed by atoms with E-state index in [0.717, 1.165) is 102 Å². The van der Waals surface area contributed by atoms with Crippen molar-refractivity contribution in [1.82, 2.24) is 9.80 Å². The zero-order chi connectivity index (χ0) is 42.0. The summed E-state index contributed by atoms with van der Waals surface area (Å²) < 4.78 is 5.67. The first kappa shape index (κ1) is 56.0. The molecule has 1 unspecified atom stereocenters. The highest BCUT2D eigenvalue weighted by Crippen LogP contribution is 2.25. The van der Waals surface area contributed by atoms with Gasteiger partial charge in [-0.1, -0.05) is 182 Å². The van der Waals surface area contributed by atoms with Crippen LogP contribution in [0, 0.1) is 11.8 Å². The van der Waals surface area contributed by atoms with E-state index in [1.807, 2.05) is 19.0 Å². The van der Waals surface area contributed by atoms with Crippen molar-refractivity contribution in [2.24, 2.45) is 11.8 Å². The van der Waals surface area contributed by atoms with Crippen molar-refractivity contribution >= 4 is 11.8 Å². The highest BCUT2D eigenvalue weighted by Gasteiger charge is 2.13. The van der Waals surface area contributed by atoms with Crippen LogP contribution in [0.4, 0.5) is 0 Å². The van der Waals surface area contributed by atoms with Gasteiger partial charge in [-0.05, 0) is 90.4 Å². The number of aliphatic hydroxyl groups excluding tert-OH is 1. The van der Waals surface area contributed by atoms with Crippen molar-refractivity contribution in [3.63, 3.8) is 0 Å². The molecule has 0 aliphatic rings. The molecule has 0 aromatic heterocycles. The van der Waals surface area contributed by atoms with Gasteiger partial charge in [0.25, 0.3) is 0 Å². The molecule has 0 saturated heterocycles. The van der Waals surface area contributed by atoms with Crippen LogP contribution in [0.1, 0.15) is 252 Å². The van der Waals surface area contributed by atoms with Crippen LogP contribution >= 0.6 is 0 Å². The topological polar surface area (TPSA) is 70.1 Å². The molecule has 1 N–H and O–H groups in total. The largest absolute Gasteiger partial charge is 0.466 e. The number of Topliss-reactive ketones (excluding diaryl/α,β-unsaturated/α-hetero) is 1. The highest BCUT2D eigenvalue weighted by atomic mass is 16.5. The van der Waals surface area contributed by atoms with Crippen LogP contribution in [0.2, 0.25) is 0 Å². The quantitative estimate of drug-likeness (QED) is 0.0488. The number of esters is 1. The number of ether oxygens (including phenoxy) is 1. The number of hydrogen-bond donors (Lipinski definition) is 1. The van der Waals surface area contributed by atoms with Gasteiger partial charge in [0.2, 0.25) is 0 Å². The molecular formula is C51H102N2O4. The fraction of sp³-hybridized carbons (Fsp3) is 0.961. The molecule has 6 nitrogen and oxygen atoms in total. The minimum Gasteiger partial charge on any atom is -0.466 e. The van der Waals surface area contributed by atoms with E-state index in [1.165, 1.54) is 148 Å². The molecule has 0 aromatic carbocycles. The lowest BCUT2D eigenvalue weighted by Gasteiger charge is -2.24. The van der Waals surface area contributed by atoms with Gasteiger partial charge in [-0.3, -0.25) is 9.59 Å². The van der Waals surface area contributed by atoms with E-state index in [1.54, 1.807) is 0 Å². The third-order valence-electron chi connectivity index (χ3n) is 12.3. The van der Waals surface area contributed by atoms with E-state index in [2.05, 4.69) is 32.6 Å². The first-order valence-corrected chi connectivity index (χ1v) is 25.5. The number of ketones is 1. The Morgan fingerprint density at radius 3 is 1.28 bits per heavy atom. The maximum atomic E-state index is 12.7. The van der Waals surface area contributed by atoms with Gasteiger partial charge in [0.15, 0.2) is 0 Å². The number of rotatable bonds is 46. The lowest BCUT2D eigenvalue weighted by Crippen LogP contribution is -2.33. The average molecular weight is 807 g/mol. The SMILES string of the molecule is CCCCCCC(CCCCCC)CCCCC(=O)CCCCCN(CCCCCC(=O)OCCCC(CCCCCC)CCCCCC)CCC(O)CN(C)C. The Bertz CT molecular complexity index is 769. The van der Waals surface area contributed by atoms with Gasteiger partial charge in [-0.2, -0.15) is 0 Å². The van der Waals surface area contributed by atoms with Crippen molar-refractivity contribution in [1.29, 1.82) is 0 Å². The van der Waals surface area contributed by atoms with Gasteiger partial charge in [0.1, 0.15) is 5.78 Å². The van der Waals surface area contributed by atoms with Gasteiger partial charge < -0.3 is 19.6 Å². The predicted molar refractivity (Wildman–Crippen MR) is 248 cm³/mol. The van der Waals surface area contributed by atoms with Crippen LogP contribution in [-0.4, -0.2) is 79.6 Å². The van der Waals surface area contributed by atoms with Crippen molar-refractivity contribution < 1.29 is 19.4 Å². The van der Waals surface area contributed by atoms with Crippen molar-refractivity contribution in [3.8, 4) is 0 Å². The molecule has 57 heavy (non-hydrogen) atoms. The number of carbonyl (C=O) groups is 2. The number of likely N-dealkylation sites (N-methyl/N-ethyl adjacent to an activating group) is 1. The van der Waals surface area contributed by atoms with E-state index in [4.69, 9.17) is 4.74 Å². The van der Waals surface area contributed by atoms with Crippen molar-refractivity contribution in [3.05, 3.63) is 0 Å². The lowest BCUT2D eigenvalue weighted by molar-refractivity contribution is -0.144. The van der Waals surface area contributed by atoms with Gasteiger partial charge >= 0.3 is 5.97 Å². The molecular weight excluding hydrogens is 705 g/mol. The molecule has 0 spiro atoms. The summed E-state index contributed by atoms with van der Waals surface area (Å²) in [5, 5.41) is 10.5. The molecule has 0 aromatic rings. The molecule has 6 heteroatoms. The molecule has 0 amide bonds. The third-order valence-corrected chi connectivity index (χ3v) is 12.3. The maximum absolute atomic E-state index is 12.7. The van der Waals surface area contributed by atoms with Crippen LogP contribution in [-0.2, 0) is 14.3 Å². The van der Waals surface area contributed by atoms with Crippen molar-refractivity contribution in [2.45, 2.75) is 259 Å². The second kappa shape index (κ2) is 43.1. The summed E-state index contributed by atoms with van der Waals surface area (Å²) in [6.07, 6.45) is 41.4. The standard InChI is InChI=1S/C51H102N2O4/c1-7-11-15-21-32-47(33-22-16-12-8-2)36-27-28-39-49(54)38-25-19-29-42-53(44-41-50(55)46-52(5)6)43-30-20-26-40-51(56)57-45-31-37-48(34-23-17-13-9-3)35-24-18-14-10-4/h47-48,50,55H,7-46H2,1-6H3. The average Bonchev–Trinajstić information content (AvgIpc) is 3.19. The highest BCUT2D eigenvalue weighted by molar-refractivity contribution is 5.78. The third kappa shape index (κ3) is 40.2. The van der Waals surface area contributed by atoms with Crippen LogP contribution in [0.15, 0.2) is 0 Å². The van der Waals surface area contributed by atoms with Gasteiger partial charge in [0.05, 0.1) is 12.7 Å². The number of aliphatic hydroxyl groups is 1. The number of unbranched alkanes of at least 4 members (excludes halogenated alkanes) is 17. The van der Waals surface area contributed by atoms with Crippen LogP contribution < -0.4 is 0 Å². The molecule has 0 fully saturated rings. The lowest BCUT2D eigenvalue weighted by atomic mass is 9.89. The summed E-state index contributed by atoms with van der Waals surface area (Å²) in [4.78, 5) is 29.8. The Morgan fingerprint density at radius 1 is 0.456 bits per heavy atom. The minimum absolute atomic E-state index is 0.0320. The van der Waals surface area contributed by atoms with Gasteiger partial charge in [-0.25, -0.2) is 0 Å². The maximum Gasteiger partial charge on any atom is 0.305 e. The number of hydrogen-bond acceptors (Lipinski definition) is 6. The molecule has 1 atom stereocenters. The Kier molecular flexibility index (Phi) is 42.4. The molecule has 0 saturated carbocycles. The molecule has 0 rings (SSSR count). The molecule has 0 aliphatic heterocycles. The fourth-order valence-corrected chi connectivity index (χ4v) is 8.61. The summed E-state index contributed by atoms with van der Waals surface area (Å²) in [5.41, 5.74) is 0. The minimum atomic E-state index is -0.315. The van der Waals surface area contributed by atoms with E-state index in [9.17, 15) is 14.7 Å². The molecule has 0 bridgehead atoms. The number of nitrogens with zero attached hydrogens (tertiary/aromatic N) is 2. The van der Waals surface area contributed by atoms with Gasteiger partial charge in [0, 0.05) is 32.4 Å². The van der Waals surface area contributed by atoms with E-state index >= 15 is 0 Å².